The first-order valence-electron chi connectivity index (χ1n) is 4.37. The van der Waals surface area contributed by atoms with Gasteiger partial charge in [-0.2, -0.15) is 8.78 Å². The molecule has 14 heavy (non-hydrogen) atoms. The summed E-state index contributed by atoms with van der Waals surface area (Å²) in [6.07, 6.45) is 1.50. The molecule has 0 atom stereocenters. The molecule has 0 aromatic heterocycles. The normalized spacial score (nSPS) is 10.9. The molecule has 0 radical (unpaired) electrons. The first-order valence-corrected chi connectivity index (χ1v) is 5.25. The summed E-state index contributed by atoms with van der Waals surface area (Å²) in [6.45, 7) is 0.160. The van der Waals surface area contributed by atoms with Gasteiger partial charge in [0, 0.05) is 11.5 Å². The second-order valence-electron chi connectivity index (χ2n) is 2.85. The van der Waals surface area contributed by atoms with Crippen LogP contribution in [0.1, 0.15) is 12.0 Å². The standard InChI is InChI=1S/C10H12F2OS/c11-10(12)14-9-5-3-8(4-6-9)2-1-7-13/h3-6,10,13H,1-2,7H2. The molecular weight excluding hydrogens is 206 g/mol. The van der Waals surface area contributed by atoms with Gasteiger partial charge in [-0.05, 0) is 30.5 Å². The summed E-state index contributed by atoms with van der Waals surface area (Å²) in [4.78, 5) is 0.577. The van der Waals surface area contributed by atoms with Crippen LogP contribution in [0.15, 0.2) is 29.2 Å². The minimum Gasteiger partial charge on any atom is -0.396 e. The Morgan fingerprint density at radius 3 is 2.36 bits per heavy atom. The lowest BCUT2D eigenvalue weighted by molar-refractivity contribution is 0.252. The number of benzene rings is 1. The molecule has 1 N–H and O–H groups in total. The SMILES string of the molecule is OCCCc1ccc(SC(F)F)cc1. The van der Waals surface area contributed by atoms with Gasteiger partial charge in [0.05, 0.1) is 0 Å². The minimum absolute atomic E-state index is 0.160. The molecule has 4 heteroatoms. The number of alkyl halides is 2. The molecule has 78 valence electrons. The van der Waals surface area contributed by atoms with Gasteiger partial charge in [0.2, 0.25) is 0 Å². The van der Waals surface area contributed by atoms with Crippen molar-refractivity contribution < 1.29 is 13.9 Å². The van der Waals surface area contributed by atoms with E-state index in [0.717, 1.165) is 12.0 Å². The predicted octanol–water partition coefficient (Wildman–Crippen LogP) is 2.93. The van der Waals surface area contributed by atoms with Gasteiger partial charge in [0.15, 0.2) is 0 Å². The third-order valence-corrected chi connectivity index (χ3v) is 2.49. The Hall–Kier alpha value is -0.610. The van der Waals surface area contributed by atoms with E-state index in [2.05, 4.69) is 0 Å². The fourth-order valence-corrected chi connectivity index (χ4v) is 1.62. The van der Waals surface area contributed by atoms with Crippen molar-refractivity contribution in [3.8, 4) is 0 Å². The molecule has 1 aromatic carbocycles. The molecular formula is C10H12F2OS. The maximum Gasteiger partial charge on any atom is 0.288 e. The van der Waals surface area contributed by atoms with Crippen LogP contribution in [0.4, 0.5) is 8.78 Å². The Morgan fingerprint density at radius 1 is 1.21 bits per heavy atom. The van der Waals surface area contributed by atoms with Gasteiger partial charge in [-0.1, -0.05) is 23.9 Å². The van der Waals surface area contributed by atoms with Crippen LogP contribution in [0.25, 0.3) is 0 Å². The highest BCUT2D eigenvalue weighted by molar-refractivity contribution is 7.99. The smallest absolute Gasteiger partial charge is 0.288 e. The number of aliphatic hydroxyl groups excluding tert-OH is 1. The van der Waals surface area contributed by atoms with E-state index in [4.69, 9.17) is 5.11 Å². The highest BCUT2D eigenvalue weighted by atomic mass is 32.2. The van der Waals surface area contributed by atoms with E-state index in [1.807, 2.05) is 12.1 Å². The van der Waals surface area contributed by atoms with Crippen molar-refractivity contribution >= 4 is 11.8 Å². The van der Waals surface area contributed by atoms with Crippen LogP contribution in [-0.2, 0) is 6.42 Å². The van der Waals surface area contributed by atoms with Gasteiger partial charge in [-0.3, -0.25) is 0 Å². The second kappa shape index (κ2) is 5.98. The Labute approximate surface area is 86.1 Å². The third-order valence-electron chi connectivity index (χ3n) is 1.77. The number of hydrogen-bond donors (Lipinski definition) is 1. The van der Waals surface area contributed by atoms with E-state index in [9.17, 15) is 8.78 Å². The average molecular weight is 218 g/mol. The lowest BCUT2D eigenvalue weighted by Crippen LogP contribution is -1.89. The summed E-state index contributed by atoms with van der Waals surface area (Å²) < 4.78 is 23.9. The highest BCUT2D eigenvalue weighted by Crippen LogP contribution is 2.25. The molecule has 0 spiro atoms. The van der Waals surface area contributed by atoms with Crippen molar-refractivity contribution in [2.24, 2.45) is 0 Å². The molecule has 0 aliphatic rings. The van der Waals surface area contributed by atoms with E-state index < -0.39 is 5.76 Å². The monoisotopic (exact) mass is 218 g/mol. The van der Waals surface area contributed by atoms with Gasteiger partial charge in [0.1, 0.15) is 0 Å². The van der Waals surface area contributed by atoms with Crippen molar-refractivity contribution in [1.29, 1.82) is 0 Å². The fourth-order valence-electron chi connectivity index (χ4n) is 1.12. The van der Waals surface area contributed by atoms with Crippen molar-refractivity contribution in [2.75, 3.05) is 6.61 Å². The van der Waals surface area contributed by atoms with Crippen LogP contribution in [-0.4, -0.2) is 17.5 Å². The minimum atomic E-state index is -2.36. The predicted molar refractivity (Wildman–Crippen MR) is 53.7 cm³/mol. The zero-order valence-electron chi connectivity index (χ0n) is 7.62. The second-order valence-corrected chi connectivity index (χ2v) is 3.91. The summed E-state index contributed by atoms with van der Waals surface area (Å²) in [5.74, 6) is -2.36. The van der Waals surface area contributed by atoms with Gasteiger partial charge in [-0.15, -0.1) is 0 Å². The van der Waals surface area contributed by atoms with E-state index in [1.165, 1.54) is 0 Å². The molecule has 0 bridgehead atoms. The maximum absolute atomic E-state index is 12.0. The van der Waals surface area contributed by atoms with Gasteiger partial charge in [0.25, 0.3) is 5.76 Å². The molecule has 0 amide bonds. The van der Waals surface area contributed by atoms with Crippen molar-refractivity contribution in [3.63, 3.8) is 0 Å². The summed E-state index contributed by atoms with van der Waals surface area (Å²) >= 11 is 0.548. The van der Waals surface area contributed by atoms with E-state index in [1.54, 1.807) is 12.1 Å². The Bertz CT molecular complexity index is 261. The van der Waals surface area contributed by atoms with Crippen LogP contribution >= 0.6 is 11.8 Å². The Kier molecular flexibility index (Phi) is 4.90. The summed E-state index contributed by atoms with van der Waals surface area (Å²) in [7, 11) is 0. The van der Waals surface area contributed by atoms with Gasteiger partial charge in [-0.25, -0.2) is 0 Å². The van der Waals surface area contributed by atoms with E-state index >= 15 is 0 Å². The van der Waals surface area contributed by atoms with E-state index in [0.29, 0.717) is 23.1 Å². The quantitative estimate of drug-likeness (QED) is 0.767. The molecule has 1 aromatic rings. The lowest BCUT2D eigenvalue weighted by atomic mass is 10.1. The number of aliphatic hydroxyl groups is 1. The van der Waals surface area contributed by atoms with E-state index in [-0.39, 0.29) is 6.61 Å². The molecule has 0 unspecified atom stereocenters. The first-order chi connectivity index (χ1) is 6.72. The van der Waals surface area contributed by atoms with Gasteiger partial charge < -0.3 is 5.11 Å². The third kappa shape index (κ3) is 4.07. The summed E-state index contributed by atoms with van der Waals surface area (Å²) in [6, 6.07) is 7.01. The molecule has 0 saturated carbocycles. The summed E-state index contributed by atoms with van der Waals surface area (Å²) in [5, 5.41) is 8.60. The zero-order chi connectivity index (χ0) is 10.4. The maximum atomic E-state index is 12.0. The van der Waals surface area contributed by atoms with Crippen LogP contribution in [0.2, 0.25) is 0 Å². The zero-order valence-corrected chi connectivity index (χ0v) is 8.44. The van der Waals surface area contributed by atoms with Crippen LogP contribution in [0.5, 0.6) is 0 Å². The molecule has 1 rings (SSSR count). The lowest BCUT2D eigenvalue weighted by Gasteiger charge is -2.02. The largest absolute Gasteiger partial charge is 0.396 e. The number of thioether (sulfide) groups is 1. The summed E-state index contributed by atoms with van der Waals surface area (Å²) in [5.41, 5.74) is 1.07. The number of aryl methyl sites for hydroxylation is 1. The molecule has 0 heterocycles. The van der Waals surface area contributed by atoms with Crippen LogP contribution in [0.3, 0.4) is 0 Å². The Balaban J connectivity index is 2.50. The van der Waals surface area contributed by atoms with Crippen molar-refractivity contribution in [2.45, 2.75) is 23.5 Å². The topological polar surface area (TPSA) is 20.2 Å². The Morgan fingerprint density at radius 2 is 1.86 bits per heavy atom. The van der Waals surface area contributed by atoms with Crippen molar-refractivity contribution in [3.05, 3.63) is 29.8 Å². The number of halogens is 2. The van der Waals surface area contributed by atoms with Crippen LogP contribution < -0.4 is 0 Å². The van der Waals surface area contributed by atoms with Gasteiger partial charge >= 0.3 is 0 Å². The molecule has 0 saturated heterocycles. The number of rotatable bonds is 5. The molecule has 0 aliphatic heterocycles. The fraction of sp³-hybridized carbons (Fsp3) is 0.400. The molecule has 0 fully saturated rings. The molecule has 1 nitrogen and oxygen atoms in total. The first kappa shape index (κ1) is 11.5. The van der Waals surface area contributed by atoms with Crippen molar-refractivity contribution in [1.82, 2.24) is 0 Å². The molecule has 0 aliphatic carbocycles. The average Bonchev–Trinajstić information content (AvgIpc) is 2.16. The highest BCUT2D eigenvalue weighted by Gasteiger charge is 2.04. The number of hydrogen-bond acceptors (Lipinski definition) is 2. The van der Waals surface area contributed by atoms with Crippen LogP contribution in [0, 0.1) is 0 Å².